The zero-order chi connectivity index (χ0) is 18.6. The Labute approximate surface area is 149 Å². The highest BCUT2D eigenvalue weighted by Crippen LogP contribution is 2.21. The summed E-state index contributed by atoms with van der Waals surface area (Å²) >= 11 is 0. The van der Waals surface area contributed by atoms with E-state index in [4.69, 9.17) is 0 Å². The van der Waals surface area contributed by atoms with Crippen molar-refractivity contribution >= 4 is 21.7 Å². The van der Waals surface area contributed by atoms with Crippen molar-refractivity contribution in [1.82, 2.24) is 9.80 Å². The van der Waals surface area contributed by atoms with Crippen molar-refractivity contribution in [2.75, 3.05) is 25.1 Å². The lowest BCUT2D eigenvalue weighted by atomic mass is 10.1. The van der Waals surface area contributed by atoms with E-state index >= 15 is 0 Å². The Bertz CT molecular complexity index is 718. The summed E-state index contributed by atoms with van der Waals surface area (Å²) in [4.78, 5) is 27.6. The summed E-state index contributed by atoms with van der Waals surface area (Å²) in [5, 5.41) is 0. The van der Waals surface area contributed by atoms with Crippen LogP contribution in [0.15, 0.2) is 30.3 Å². The normalized spacial score (nSPS) is 20.0. The first-order chi connectivity index (χ1) is 11.7. The molecular formula is C18H26N2O4S. The molecule has 2 unspecified atom stereocenters. The third kappa shape index (κ3) is 5.04. The fourth-order valence-electron chi connectivity index (χ4n) is 3.21. The van der Waals surface area contributed by atoms with E-state index in [0.717, 1.165) is 5.56 Å². The van der Waals surface area contributed by atoms with E-state index < -0.39 is 9.84 Å². The summed E-state index contributed by atoms with van der Waals surface area (Å²) in [6, 6.07) is 9.30. The fraction of sp³-hybridized carbons (Fsp3) is 0.556. The van der Waals surface area contributed by atoms with Gasteiger partial charge in [-0.05, 0) is 18.9 Å². The molecule has 7 heteroatoms. The van der Waals surface area contributed by atoms with Gasteiger partial charge in [0.1, 0.15) is 0 Å². The maximum Gasteiger partial charge on any atom is 0.224 e. The van der Waals surface area contributed by atoms with Crippen LogP contribution in [0.5, 0.6) is 0 Å². The van der Waals surface area contributed by atoms with E-state index in [2.05, 4.69) is 0 Å². The second-order valence-electron chi connectivity index (χ2n) is 6.61. The van der Waals surface area contributed by atoms with Crippen molar-refractivity contribution in [2.24, 2.45) is 0 Å². The van der Waals surface area contributed by atoms with Crippen molar-refractivity contribution in [3.05, 3.63) is 35.9 Å². The van der Waals surface area contributed by atoms with Gasteiger partial charge in [-0.15, -0.1) is 0 Å². The first-order valence-electron chi connectivity index (χ1n) is 8.49. The van der Waals surface area contributed by atoms with Gasteiger partial charge in [0.25, 0.3) is 0 Å². The number of rotatable bonds is 6. The summed E-state index contributed by atoms with van der Waals surface area (Å²) < 4.78 is 23.2. The van der Waals surface area contributed by atoms with Crippen LogP contribution in [0.25, 0.3) is 0 Å². The van der Waals surface area contributed by atoms with Crippen LogP contribution < -0.4 is 0 Å². The highest BCUT2D eigenvalue weighted by atomic mass is 32.2. The SMILES string of the molecule is CC(=O)N(CCC(=O)N(C)C1CCS(=O)(=O)C1)C(C)c1ccccc1. The van der Waals surface area contributed by atoms with Crippen LogP contribution >= 0.6 is 0 Å². The number of benzene rings is 1. The Kier molecular flexibility index (Phi) is 6.21. The number of carbonyl (C=O) groups is 2. The predicted octanol–water partition coefficient (Wildman–Crippen LogP) is 1.63. The van der Waals surface area contributed by atoms with E-state index in [1.165, 1.54) is 11.8 Å². The Balaban J connectivity index is 1.96. The van der Waals surface area contributed by atoms with E-state index in [0.29, 0.717) is 13.0 Å². The Hall–Kier alpha value is -1.89. The van der Waals surface area contributed by atoms with Crippen LogP contribution in [0.2, 0.25) is 0 Å². The standard InChI is InChI=1S/C18H26N2O4S/c1-14(16-7-5-4-6-8-16)20(15(2)21)11-9-18(22)19(3)17-10-12-25(23,24)13-17/h4-8,14,17H,9-13H2,1-3H3. The van der Waals surface area contributed by atoms with Crippen LogP contribution in [-0.2, 0) is 19.4 Å². The van der Waals surface area contributed by atoms with Gasteiger partial charge in [-0.2, -0.15) is 0 Å². The van der Waals surface area contributed by atoms with Crippen molar-refractivity contribution in [3.63, 3.8) is 0 Å². The molecule has 0 spiro atoms. The topological polar surface area (TPSA) is 74.8 Å². The van der Waals surface area contributed by atoms with E-state index in [1.807, 2.05) is 37.3 Å². The Morgan fingerprint density at radius 1 is 1.24 bits per heavy atom. The molecule has 2 amide bonds. The number of nitrogens with zero attached hydrogens (tertiary/aromatic N) is 2. The molecule has 1 saturated heterocycles. The average Bonchev–Trinajstić information content (AvgIpc) is 2.94. The first kappa shape index (κ1) is 19.4. The summed E-state index contributed by atoms with van der Waals surface area (Å²) in [5.74, 6) is -0.0460. The molecule has 1 aliphatic heterocycles. The van der Waals surface area contributed by atoms with Crippen molar-refractivity contribution in [2.45, 2.75) is 38.8 Å². The van der Waals surface area contributed by atoms with Crippen LogP contribution in [0, 0.1) is 0 Å². The molecule has 0 aromatic heterocycles. The van der Waals surface area contributed by atoms with Gasteiger partial charge in [-0.25, -0.2) is 8.42 Å². The van der Waals surface area contributed by atoms with E-state index in [1.54, 1.807) is 11.9 Å². The molecule has 1 fully saturated rings. The van der Waals surface area contributed by atoms with Gasteiger partial charge < -0.3 is 9.80 Å². The maximum absolute atomic E-state index is 12.4. The van der Waals surface area contributed by atoms with Gasteiger partial charge in [0.15, 0.2) is 9.84 Å². The molecule has 6 nitrogen and oxygen atoms in total. The van der Waals surface area contributed by atoms with E-state index in [9.17, 15) is 18.0 Å². The Morgan fingerprint density at radius 2 is 1.88 bits per heavy atom. The van der Waals surface area contributed by atoms with Crippen LogP contribution in [0.1, 0.15) is 38.3 Å². The molecule has 2 rings (SSSR count). The zero-order valence-corrected chi connectivity index (χ0v) is 15.8. The zero-order valence-electron chi connectivity index (χ0n) is 15.0. The molecule has 1 aromatic carbocycles. The van der Waals surface area contributed by atoms with Gasteiger partial charge in [-0.1, -0.05) is 30.3 Å². The molecular weight excluding hydrogens is 340 g/mol. The second kappa shape index (κ2) is 7.99. The molecule has 0 N–H and O–H groups in total. The molecule has 1 aliphatic rings. The predicted molar refractivity (Wildman–Crippen MR) is 96.7 cm³/mol. The molecule has 1 aromatic rings. The van der Waals surface area contributed by atoms with Gasteiger partial charge in [0.05, 0.1) is 17.5 Å². The number of sulfone groups is 1. The maximum atomic E-state index is 12.4. The highest BCUT2D eigenvalue weighted by Gasteiger charge is 2.32. The van der Waals surface area contributed by atoms with Crippen molar-refractivity contribution in [1.29, 1.82) is 0 Å². The summed E-state index contributed by atoms with van der Waals surface area (Å²) in [5.41, 5.74) is 1.01. The minimum Gasteiger partial charge on any atom is -0.342 e. The molecule has 138 valence electrons. The number of hydrogen-bond acceptors (Lipinski definition) is 4. The summed E-state index contributed by atoms with van der Waals surface area (Å²) in [6.07, 6.45) is 0.672. The van der Waals surface area contributed by atoms with Gasteiger partial charge in [0, 0.05) is 33.0 Å². The molecule has 0 aliphatic carbocycles. The second-order valence-corrected chi connectivity index (χ2v) is 8.84. The fourth-order valence-corrected chi connectivity index (χ4v) is 4.99. The molecule has 25 heavy (non-hydrogen) atoms. The summed E-state index contributed by atoms with van der Waals surface area (Å²) in [6.45, 7) is 3.75. The van der Waals surface area contributed by atoms with Crippen LogP contribution in [-0.4, -0.2) is 61.2 Å². The number of hydrogen-bond donors (Lipinski definition) is 0. The van der Waals surface area contributed by atoms with Gasteiger partial charge in [-0.3, -0.25) is 9.59 Å². The minimum atomic E-state index is -3.03. The highest BCUT2D eigenvalue weighted by molar-refractivity contribution is 7.91. The van der Waals surface area contributed by atoms with Crippen molar-refractivity contribution < 1.29 is 18.0 Å². The minimum absolute atomic E-state index is 0.0338. The first-order valence-corrected chi connectivity index (χ1v) is 10.3. The molecule has 0 radical (unpaired) electrons. The van der Waals surface area contributed by atoms with Crippen LogP contribution in [0.3, 0.4) is 0 Å². The molecule has 0 bridgehead atoms. The molecule has 2 atom stereocenters. The lowest BCUT2D eigenvalue weighted by Crippen LogP contribution is -2.40. The lowest BCUT2D eigenvalue weighted by molar-refractivity contribution is -0.134. The average molecular weight is 366 g/mol. The van der Waals surface area contributed by atoms with Gasteiger partial charge >= 0.3 is 0 Å². The molecule has 1 heterocycles. The number of carbonyl (C=O) groups excluding carboxylic acids is 2. The summed E-state index contributed by atoms with van der Waals surface area (Å²) in [7, 11) is -1.38. The third-order valence-corrected chi connectivity index (χ3v) is 6.62. The van der Waals surface area contributed by atoms with Crippen molar-refractivity contribution in [3.8, 4) is 0 Å². The molecule has 0 saturated carbocycles. The number of amides is 2. The Morgan fingerprint density at radius 3 is 2.40 bits per heavy atom. The smallest absolute Gasteiger partial charge is 0.224 e. The third-order valence-electron chi connectivity index (χ3n) is 4.87. The quantitative estimate of drug-likeness (QED) is 0.767. The van der Waals surface area contributed by atoms with Gasteiger partial charge in [0.2, 0.25) is 11.8 Å². The van der Waals surface area contributed by atoms with E-state index in [-0.39, 0.29) is 41.8 Å². The lowest BCUT2D eigenvalue weighted by Gasteiger charge is -2.30. The monoisotopic (exact) mass is 366 g/mol. The largest absolute Gasteiger partial charge is 0.342 e. The van der Waals surface area contributed by atoms with Crippen LogP contribution in [0.4, 0.5) is 0 Å².